The Morgan fingerprint density at radius 2 is 1.10 bits per heavy atom. The number of pyridine rings is 1. The number of hydrogen-bond donors (Lipinski definition) is 0. The van der Waals surface area contributed by atoms with Gasteiger partial charge in [0.05, 0.1) is 16.4 Å². The van der Waals surface area contributed by atoms with Crippen LogP contribution in [0.2, 0.25) is 0 Å². The minimum Gasteiger partial charge on any atom is -0.509 e. The molecule has 0 radical (unpaired) electrons. The van der Waals surface area contributed by atoms with E-state index in [9.17, 15) is 0 Å². The van der Waals surface area contributed by atoms with Crippen LogP contribution < -0.4 is 14.5 Å². The molecular weight excluding hydrogens is 1240 g/mol. The van der Waals surface area contributed by atoms with Crippen LogP contribution >= 0.6 is 0 Å². The maximum Gasteiger partial charge on any atom is 0.135 e. The number of rotatable bonds is 8. The average Bonchev–Trinajstić information content (AvgIpc) is 0.737. The minimum absolute atomic E-state index is 0. The first-order valence-electron chi connectivity index (χ1n) is 31.2. The molecule has 13 aromatic rings. The minimum atomic E-state index is -2.42. The summed E-state index contributed by atoms with van der Waals surface area (Å²) in [6, 6.07) is 104. The molecule has 20 rings (SSSR count). The van der Waals surface area contributed by atoms with Gasteiger partial charge in [0.25, 0.3) is 0 Å². The van der Waals surface area contributed by atoms with Gasteiger partial charge in [-0.3, -0.25) is 0 Å². The zero-order valence-corrected chi connectivity index (χ0v) is 50.4. The van der Waals surface area contributed by atoms with Crippen molar-refractivity contribution in [1.29, 1.82) is 0 Å². The molecule has 0 N–H and O–H groups in total. The number of aryl methyl sites for hydroxylation is 1. The number of para-hydroxylation sites is 3. The van der Waals surface area contributed by atoms with Crippen molar-refractivity contribution in [2.24, 2.45) is 0 Å². The van der Waals surface area contributed by atoms with E-state index in [2.05, 4.69) is 262 Å². The fraction of sp³-hybridized carbons (Fsp3) is 0.111. The van der Waals surface area contributed by atoms with E-state index < -0.39 is 23.2 Å². The predicted molar refractivity (Wildman–Crippen MR) is 348 cm³/mol. The average molecular weight is 1300 g/mol. The fourth-order valence-electron chi connectivity index (χ4n) is 15.9. The molecule has 422 valence electrons. The molecule has 0 amide bonds. The first kappa shape index (κ1) is 49.7. The number of anilines is 3. The van der Waals surface area contributed by atoms with Crippen molar-refractivity contribution < 1.29 is 29.9 Å². The van der Waals surface area contributed by atoms with E-state index in [1.807, 2.05) is 53.1 Å². The molecule has 0 unspecified atom stereocenters. The Hall–Kier alpha value is -9.54. The standard InChI is InChI=1S/C81H59N4O.Pt/c1-53-48-76(82-51-65(53)54-42-44-55(45-43-54)78(2,3)4)85-72-39-20-13-30-61(72)62-47-46-60(50-75(62)85)86-59-29-23-28-58(49-59)83-52-84(74-41-22-21-40-73(74)83)81-66-33-14-11-31-63(66)77(64-32-12-15-34-67(64)81)79(56-24-7-5-8-25-56)68-35-16-18-37-70(68)80(81,57-26-9-6-10-27-57)71-38-19-17-36-69(71)79;/h5-48,51-52,77H,1-4H3;/q-3;/i1D3;. The molecule has 0 saturated heterocycles. The predicted octanol–water partition coefficient (Wildman–Crippen LogP) is 19.0. The van der Waals surface area contributed by atoms with E-state index >= 15 is 0 Å². The summed E-state index contributed by atoms with van der Waals surface area (Å²) in [4.78, 5) is 9.92. The second-order valence-electron chi connectivity index (χ2n) is 24.4. The Labute approximate surface area is 527 Å². The van der Waals surface area contributed by atoms with Gasteiger partial charge in [0.1, 0.15) is 5.82 Å². The van der Waals surface area contributed by atoms with Crippen molar-refractivity contribution >= 4 is 38.9 Å². The molecule has 2 aromatic heterocycles. The van der Waals surface area contributed by atoms with Gasteiger partial charge < -0.3 is 19.1 Å². The molecule has 5 nitrogen and oxygen atoms in total. The molecule has 0 atom stereocenters. The molecule has 0 fully saturated rings. The van der Waals surface area contributed by atoms with Crippen LogP contribution in [-0.2, 0) is 42.8 Å². The van der Waals surface area contributed by atoms with Crippen LogP contribution in [0.4, 0.5) is 17.1 Å². The summed E-state index contributed by atoms with van der Waals surface area (Å²) in [5.74, 6) is 1.33. The first-order valence-corrected chi connectivity index (χ1v) is 29.7. The molecule has 4 bridgehead atoms. The van der Waals surface area contributed by atoms with Crippen molar-refractivity contribution in [1.82, 2.24) is 9.55 Å². The summed E-state index contributed by atoms with van der Waals surface area (Å²) in [7, 11) is 0. The van der Waals surface area contributed by atoms with E-state index in [-0.39, 0.29) is 38.0 Å². The van der Waals surface area contributed by atoms with Gasteiger partial charge in [-0.25, -0.2) is 4.98 Å². The normalized spacial score (nSPS) is 20.0. The van der Waals surface area contributed by atoms with Gasteiger partial charge in [0.15, 0.2) is 0 Å². The Balaban J connectivity index is 0.00000649. The summed E-state index contributed by atoms with van der Waals surface area (Å²) < 4.78 is 35.3. The quantitative estimate of drug-likeness (QED) is 0.142. The number of nitrogens with zero attached hydrogens (tertiary/aromatic N) is 4. The van der Waals surface area contributed by atoms with Crippen molar-refractivity contribution in [3.05, 3.63) is 359 Å². The van der Waals surface area contributed by atoms with Crippen LogP contribution in [0.3, 0.4) is 0 Å². The number of fused-ring (bicyclic) bond motifs is 4. The number of benzene rings is 11. The summed E-state index contributed by atoms with van der Waals surface area (Å²) in [6.45, 7) is 6.41. The van der Waals surface area contributed by atoms with Crippen molar-refractivity contribution in [3.63, 3.8) is 0 Å². The van der Waals surface area contributed by atoms with Crippen molar-refractivity contribution in [2.75, 3.05) is 9.80 Å². The molecule has 11 aromatic carbocycles. The maximum atomic E-state index is 8.80. The van der Waals surface area contributed by atoms with Crippen LogP contribution in [0.5, 0.6) is 11.5 Å². The van der Waals surface area contributed by atoms with Gasteiger partial charge in [-0.15, -0.1) is 41.4 Å². The van der Waals surface area contributed by atoms with E-state index in [1.165, 1.54) is 61.2 Å². The summed E-state index contributed by atoms with van der Waals surface area (Å²) in [6.07, 6.45) is 1.70. The molecule has 6 aliphatic carbocycles. The van der Waals surface area contributed by atoms with Crippen LogP contribution in [0, 0.1) is 25.7 Å². The molecule has 0 spiro atoms. The second kappa shape index (κ2) is 19.8. The van der Waals surface area contributed by atoms with Crippen LogP contribution in [0.15, 0.2) is 273 Å². The molecule has 0 saturated carbocycles. The van der Waals surface area contributed by atoms with Crippen molar-refractivity contribution in [3.8, 4) is 28.4 Å². The molecule has 3 heterocycles. The number of aromatic nitrogens is 2. The number of ether oxygens (including phenoxy) is 1. The first-order chi connectivity index (χ1) is 43.4. The van der Waals surface area contributed by atoms with Crippen LogP contribution in [-0.4, -0.2) is 9.55 Å². The van der Waals surface area contributed by atoms with Crippen LogP contribution in [0.1, 0.15) is 97.6 Å². The van der Waals surface area contributed by atoms with E-state index in [4.69, 9.17) is 13.8 Å². The van der Waals surface area contributed by atoms with E-state index in [0.29, 0.717) is 28.4 Å². The Morgan fingerprint density at radius 1 is 0.529 bits per heavy atom. The smallest absolute Gasteiger partial charge is 0.135 e. The zero-order valence-electron chi connectivity index (χ0n) is 51.1. The number of hydrogen-bond acceptors (Lipinski definition) is 4. The Kier molecular flexibility index (Phi) is 11.3. The molecular formula is C81H59N4OPt-3. The van der Waals surface area contributed by atoms with Gasteiger partial charge in [0.2, 0.25) is 0 Å². The third-order valence-corrected chi connectivity index (χ3v) is 19.2. The summed E-state index contributed by atoms with van der Waals surface area (Å²) in [5.41, 5.74) is 17.4. The van der Waals surface area contributed by atoms with Crippen molar-refractivity contribution in [2.45, 2.75) is 55.3 Å². The third kappa shape index (κ3) is 7.27. The summed E-state index contributed by atoms with van der Waals surface area (Å²) in [5, 5.41) is 1.92. The second-order valence-corrected chi connectivity index (χ2v) is 24.4. The largest absolute Gasteiger partial charge is 0.509 e. The SMILES string of the molecule is [2H]C([2H])([2H])c1cc(-n2c3[c-]c(Oc4[c-]c(N5[CH-]N(C67c8ccccc8C(c8ccccc86)C6(c8ccccc8)c8ccccc8C7(c7ccccc7)c7ccccc76)c6ccccc65)ccc4)ccc3c3ccccc32)ncc1-c1ccc(C(C)(C)C)cc1.[Pt]. The van der Waals surface area contributed by atoms with Gasteiger partial charge in [-0.1, -0.05) is 239 Å². The van der Waals surface area contributed by atoms with E-state index in [0.717, 1.165) is 38.9 Å². The van der Waals surface area contributed by atoms with Gasteiger partial charge in [-0.05, 0) is 114 Å². The summed E-state index contributed by atoms with van der Waals surface area (Å²) >= 11 is 0. The Bertz CT molecular complexity index is 4900. The zero-order chi connectivity index (χ0) is 60.0. The maximum absolute atomic E-state index is 8.80. The monoisotopic (exact) mass is 1300 g/mol. The van der Waals surface area contributed by atoms with E-state index in [1.54, 1.807) is 12.3 Å². The van der Waals surface area contributed by atoms with Gasteiger partial charge in [-0.2, -0.15) is 18.8 Å². The molecule has 6 heteroatoms. The molecule has 87 heavy (non-hydrogen) atoms. The van der Waals surface area contributed by atoms with Gasteiger partial charge in [0, 0.05) is 71.2 Å². The van der Waals surface area contributed by atoms with Crippen LogP contribution in [0.25, 0.3) is 38.8 Å². The fourth-order valence-corrected chi connectivity index (χ4v) is 15.9. The topological polar surface area (TPSA) is 33.5 Å². The third-order valence-electron chi connectivity index (χ3n) is 19.2. The van der Waals surface area contributed by atoms with Gasteiger partial charge >= 0.3 is 0 Å². The molecule has 1 aliphatic heterocycles. The molecule has 7 aliphatic rings. The Morgan fingerprint density at radius 3 is 1.77 bits per heavy atom.